The molecule has 2 N–H and O–H groups in total. The molecule has 138 valence electrons. The Morgan fingerprint density at radius 3 is 2.37 bits per heavy atom. The fourth-order valence-electron chi connectivity index (χ4n) is 2.37. The van der Waals surface area contributed by atoms with Gasteiger partial charge in [0.2, 0.25) is 5.91 Å². The number of aromatic nitrogens is 1. The molecule has 0 bridgehead atoms. The van der Waals surface area contributed by atoms with Gasteiger partial charge in [-0.05, 0) is 12.5 Å². The number of aryl methyl sites for hydroxylation is 1. The van der Waals surface area contributed by atoms with E-state index in [0.29, 0.717) is 10.6 Å². The number of hydrogen-bond acceptors (Lipinski definition) is 5. The number of thioether (sulfide) groups is 1. The van der Waals surface area contributed by atoms with Crippen LogP contribution in [0, 0.1) is 6.92 Å². The second-order valence-corrected chi connectivity index (χ2v) is 7.76. The van der Waals surface area contributed by atoms with Crippen LogP contribution in [0.25, 0.3) is 10.6 Å². The second-order valence-electron chi connectivity index (χ2n) is 5.78. The summed E-state index contributed by atoms with van der Waals surface area (Å²) in [7, 11) is 0. The molecule has 0 spiro atoms. The molecule has 0 fully saturated rings. The van der Waals surface area contributed by atoms with E-state index in [2.05, 4.69) is 15.8 Å². The first-order chi connectivity index (χ1) is 13.1. The van der Waals surface area contributed by atoms with E-state index in [4.69, 9.17) is 0 Å². The maximum Gasteiger partial charge on any atom is 0.281 e. The molecule has 0 radical (unpaired) electrons. The van der Waals surface area contributed by atoms with Gasteiger partial charge in [0.15, 0.2) is 0 Å². The average molecular weight is 398 g/mol. The van der Waals surface area contributed by atoms with E-state index in [9.17, 15) is 9.59 Å². The molecule has 0 atom stereocenters. The van der Waals surface area contributed by atoms with Gasteiger partial charge in [0.05, 0.1) is 11.4 Å². The predicted octanol–water partition coefficient (Wildman–Crippen LogP) is 3.81. The highest BCUT2D eigenvalue weighted by molar-refractivity contribution is 7.99. The largest absolute Gasteiger partial charge is 0.281 e. The molecule has 0 unspecified atom stereocenters. The van der Waals surface area contributed by atoms with Gasteiger partial charge in [-0.2, -0.15) is 0 Å². The summed E-state index contributed by atoms with van der Waals surface area (Å²) in [6, 6.07) is 19.6. The Morgan fingerprint density at radius 2 is 1.67 bits per heavy atom. The summed E-state index contributed by atoms with van der Waals surface area (Å²) in [6.45, 7) is 1.79. The number of hydrogen-bond donors (Lipinski definition) is 2. The molecule has 1 heterocycles. The summed E-state index contributed by atoms with van der Waals surface area (Å²) >= 11 is 2.80. The van der Waals surface area contributed by atoms with Crippen LogP contribution < -0.4 is 10.9 Å². The molecular formula is C20H19N3O2S2. The summed E-state index contributed by atoms with van der Waals surface area (Å²) in [5.41, 5.74) is 7.70. The fourth-order valence-corrected chi connectivity index (χ4v) is 4.12. The van der Waals surface area contributed by atoms with Gasteiger partial charge >= 0.3 is 0 Å². The zero-order valence-corrected chi connectivity index (χ0v) is 16.4. The molecule has 0 saturated carbocycles. The van der Waals surface area contributed by atoms with Gasteiger partial charge < -0.3 is 0 Å². The molecule has 2 aromatic carbocycles. The Hall–Kier alpha value is -2.64. The molecule has 0 aliphatic carbocycles. The van der Waals surface area contributed by atoms with E-state index in [-0.39, 0.29) is 17.6 Å². The van der Waals surface area contributed by atoms with Gasteiger partial charge in [-0.3, -0.25) is 20.4 Å². The van der Waals surface area contributed by atoms with Crippen LogP contribution in [0.2, 0.25) is 0 Å². The Kier molecular flexibility index (Phi) is 6.62. The summed E-state index contributed by atoms with van der Waals surface area (Å²) in [5.74, 6) is 0.422. The number of hydrazine groups is 1. The van der Waals surface area contributed by atoms with Crippen molar-refractivity contribution in [1.29, 1.82) is 0 Å². The van der Waals surface area contributed by atoms with Crippen molar-refractivity contribution < 1.29 is 9.59 Å². The van der Waals surface area contributed by atoms with Crippen LogP contribution in [-0.4, -0.2) is 22.6 Å². The molecule has 27 heavy (non-hydrogen) atoms. The van der Waals surface area contributed by atoms with Crippen LogP contribution in [0.5, 0.6) is 0 Å². The molecule has 0 saturated heterocycles. The highest BCUT2D eigenvalue weighted by Gasteiger charge is 2.16. The summed E-state index contributed by atoms with van der Waals surface area (Å²) in [5, 5.41) is 0.781. The van der Waals surface area contributed by atoms with Gasteiger partial charge in [-0.15, -0.1) is 23.1 Å². The Bertz CT molecular complexity index is 911. The second kappa shape index (κ2) is 9.34. The van der Waals surface area contributed by atoms with E-state index < -0.39 is 0 Å². The van der Waals surface area contributed by atoms with E-state index in [1.807, 2.05) is 60.7 Å². The fraction of sp³-hybridized carbons (Fsp3) is 0.150. The van der Waals surface area contributed by atoms with E-state index in [1.165, 1.54) is 23.1 Å². The number of carbonyl (C=O) groups is 2. The minimum absolute atomic E-state index is 0.241. The molecule has 0 aliphatic rings. The van der Waals surface area contributed by atoms with E-state index in [0.717, 1.165) is 21.9 Å². The summed E-state index contributed by atoms with van der Waals surface area (Å²) in [6.07, 6.45) is 0. The number of carbonyl (C=O) groups excluding carboxylic acids is 2. The lowest BCUT2D eigenvalue weighted by Crippen LogP contribution is -2.42. The maximum absolute atomic E-state index is 12.3. The highest BCUT2D eigenvalue weighted by Crippen LogP contribution is 2.27. The van der Waals surface area contributed by atoms with Crippen molar-refractivity contribution in [2.75, 3.05) is 5.75 Å². The average Bonchev–Trinajstić information content (AvgIpc) is 3.09. The predicted molar refractivity (Wildman–Crippen MR) is 110 cm³/mol. The van der Waals surface area contributed by atoms with Crippen molar-refractivity contribution in [3.8, 4) is 10.6 Å². The molecule has 7 heteroatoms. The number of thiazole rings is 1. The number of amides is 2. The number of nitrogens with zero attached hydrogens (tertiary/aromatic N) is 1. The van der Waals surface area contributed by atoms with Crippen molar-refractivity contribution in [2.45, 2.75) is 12.7 Å². The van der Waals surface area contributed by atoms with Gasteiger partial charge in [0.1, 0.15) is 9.88 Å². The lowest BCUT2D eigenvalue weighted by Gasteiger charge is -2.06. The van der Waals surface area contributed by atoms with Crippen molar-refractivity contribution in [2.24, 2.45) is 0 Å². The minimum Gasteiger partial charge on any atom is -0.272 e. The molecule has 1 aromatic heterocycles. The van der Waals surface area contributed by atoms with Crippen LogP contribution in [0.15, 0.2) is 60.7 Å². The molecule has 0 aliphatic heterocycles. The first kappa shape index (κ1) is 19.1. The van der Waals surface area contributed by atoms with Crippen LogP contribution >= 0.6 is 23.1 Å². The van der Waals surface area contributed by atoms with Crippen molar-refractivity contribution in [1.82, 2.24) is 15.8 Å². The Morgan fingerprint density at radius 1 is 1.00 bits per heavy atom. The number of benzene rings is 2. The minimum atomic E-state index is -0.353. The van der Waals surface area contributed by atoms with E-state index >= 15 is 0 Å². The first-order valence-electron chi connectivity index (χ1n) is 8.37. The number of rotatable bonds is 6. The Balaban J connectivity index is 1.49. The topological polar surface area (TPSA) is 71.1 Å². The normalized spacial score (nSPS) is 10.4. The SMILES string of the molecule is Cc1nc(-c2ccccc2)sc1C(=O)NNC(=O)CSCc1ccccc1. The molecule has 3 aromatic rings. The quantitative estimate of drug-likeness (QED) is 0.621. The third-order valence-electron chi connectivity index (χ3n) is 3.68. The highest BCUT2D eigenvalue weighted by atomic mass is 32.2. The van der Waals surface area contributed by atoms with Gasteiger partial charge in [-0.25, -0.2) is 4.98 Å². The van der Waals surface area contributed by atoms with Crippen molar-refractivity contribution in [3.63, 3.8) is 0 Å². The van der Waals surface area contributed by atoms with Crippen molar-refractivity contribution >= 4 is 34.9 Å². The van der Waals surface area contributed by atoms with E-state index in [1.54, 1.807) is 6.92 Å². The summed E-state index contributed by atoms with van der Waals surface area (Å²) in [4.78, 5) is 29.2. The Labute approximate surface area is 166 Å². The standard InChI is InChI=1S/C20H19N3O2S2/c1-14-18(27-20(21-14)16-10-6-3-7-11-16)19(25)23-22-17(24)13-26-12-15-8-4-2-5-9-15/h2-11H,12-13H2,1H3,(H,22,24)(H,23,25). The molecule has 3 rings (SSSR count). The zero-order valence-electron chi connectivity index (χ0n) is 14.8. The first-order valence-corrected chi connectivity index (χ1v) is 10.3. The number of nitrogens with one attached hydrogen (secondary N) is 2. The van der Waals surface area contributed by atoms with Crippen LogP contribution in [-0.2, 0) is 10.5 Å². The molecule has 5 nitrogen and oxygen atoms in total. The van der Waals surface area contributed by atoms with Crippen LogP contribution in [0.1, 0.15) is 20.9 Å². The zero-order chi connectivity index (χ0) is 19.1. The smallest absolute Gasteiger partial charge is 0.272 e. The maximum atomic E-state index is 12.3. The molecular weight excluding hydrogens is 378 g/mol. The monoisotopic (exact) mass is 397 g/mol. The lowest BCUT2D eigenvalue weighted by atomic mass is 10.2. The van der Waals surface area contributed by atoms with Gasteiger partial charge in [0.25, 0.3) is 5.91 Å². The van der Waals surface area contributed by atoms with Crippen LogP contribution in [0.4, 0.5) is 0 Å². The van der Waals surface area contributed by atoms with Crippen LogP contribution in [0.3, 0.4) is 0 Å². The molecule has 2 amide bonds. The van der Waals surface area contributed by atoms with Gasteiger partial charge in [0, 0.05) is 11.3 Å². The van der Waals surface area contributed by atoms with Crippen molar-refractivity contribution in [3.05, 3.63) is 76.8 Å². The lowest BCUT2D eigenvalue weighted by molar-refractivity contribution is -0.119. The van der Waals surface area contributed by atoms with Gasteiger partial charge in [-0.1, -0.05) is 60.7 Å². The summed E-state index contributed by atoms with van der Waals surface area (Å²) < 4.78 is 0. The third-order valence-corrected chi connectivity index (χ3v) is 5.89. The third kappa shape index (κ3) is 5.42.